The molecule has 1 unspecified atom stereocenters. The summed E-state index contributed by atoms with van der Waals surface area (Å²) in [6, 6.07) is 12.2. The number of esters is 1. The third-order valence-corrected chi connectivity index (χ3v) is 5.24. The van der Waals surface area contributed by atoms with Gasteiger partial charge in [-0.2, -0.15) is 11.8 Å². The summed E-state index contributed by atoms with van der Waals surface area (Å²) in [4.78, 5) is 48.8. The van der Waals surface area contributed by atoms with Crippen molar-refractivity contribution in [1.29, 1.82) is 0 Å². The van der Waals surface area contributed by atoms with Gasteiger partial charge in [0.25, 0.3) is 11.8 Å². The molecule has 0 spiro atoms. The minimum Gasteiger partial charge on any atom is -0.454 e. The molecule has 0 aromatic heterocycles. The van der Waals surface area contributed by atoms with Gasteiger partial charge in [-0.15, -0.1) is 0 Å². The lowest BCUT2D eigenvalue weighted by atomic mass is 10.1. The Kier molecular flexibility index (Phi) is 9.75. The maximum Gasteiger partial charge on any atom is 0.329 e. The first-order valence-electron chi connectivity index (χ1n) is 9.99. The van der Waals surface area contributed by atoms with Crippen molar-refractivity contribution in [1.82, 2.24) is 10.6 Å². The molecule has 8 nitrogen and oxygen atoms in total. The Morgan fingerprint density at radius 2 is 1.72 bits per heavy atom. The van der Waals surface area contributed by atoms with Crippen molar-refractivity contribution >= 4 is 41.3 Å². The van der Waals surface area contributed by atoms with Crippen molar-refractivity contribution in [2.24, 2.45) is 0 Å². The van der Waals surface area contributed by atoms with Crippen molar-refractivity contribution < 1.29 is 23.9 Å². The zero-order valence-corrected chi connectivity index (χ0v) is 19.1. The maximum atomic E-state index is 12.4. The van der Waals surface area contributed by atoms with E-state index in [1.54, 1.807) is 42.5 Å². The molecule has 0 saturated carbocycles. The number of thioether (sulfide) groups is 1. The number of benzene rings is 2. The topological polar surface area (TPSA) is 114 Å². The molecule has 9 heteroatoms. The Labute approximate surface area is 191 Å². The molecule has 32 heavy (non-hydrogen) atoms. The molecule has 0 aliphatic heterocycles. The zero-order valence-electron chi connectivity index (χ0n) is 18.3. The van der Waals surface area contributed by atoms with Crippen LogP contribution >= 0.6 is 11.8 Å². The van der Waals surface area contributed by atoms with E-state index < -0.39 is 36.5 Å². The maximum absolute atomic E-state index is 12.4. The summed E-state index contributed by atoms with van der Waals surface area (Å²) in [6.07, 6.45) is 2.22. The average Bonchev–Trinajstić information content (AvgIpc) is 2.77. The monoisotopic (exact) mass is 457 g/mol. The van der Waals surface area contributed by atoms with Crippen molar-refractivity contribution in [2.45, 2.75) is 26.3 Å². The number of carbonyl (C=O) groups excluding carboxylic acids is 4. The normalized spacial score (nSPS) is 11.2. The van der Waals surface area contributed by atoms with Crippen LogP contribution in [0.1, 0.15) is 27.9 Å². The van der Waals surface area contributed by atoms with E-state index in [-0.39, 0.29) is 0 Å². The molecule has 0 aliphatic rings. The largest absolute Gasteiger partial charge is 0.454 e. The second kappa shape index (κ2) is 12.5. The number of hydrogen-bond acceptors (Lipinski definition) is 6. The van der Waals surface area contributed by atoms with Gasteiger partial charge in [0.05, 0.1) is 0 Å². The fourth-order valence-electron chi connectivity index (χ4n) is 2.70. The first kappa shape index (κ1) is 24.9. The quantitative estimate of drug-likeness (QED) is 0.499. The lowest BCUT2D eigenvalue weighted by Crippen LogP contribution is -2.44. The Hall–Kier alpha value is -3.33. The van der Waals surface area contributed by atoms with Gasteiger partial charge < -0.3 is 15.4 Å². The molecule has 0 heterocycles. The minimum atomic E-state index is -0.910. The van der Waals surface area contributed by atoms with Gasteiger partial charge in [-0.3, -0.25) is 14.9 Å². The second-order valence-electron chi connectivity index (χ2n) is 7.08. The molecular formula is C23H27N3O5S. The molecule has 2 aromatic carbocycles. The van der Waals surface area contributed by atoms with Gasteiger partial charge in [0.1, 0.15) is 6.04 Å². The van der Waals surface area contributed by atoms with Gasteiger partial charge in [0, 0.05) is 11.3 Å². The molecule has 0 bridgehead atoms. The van der Waals surface area contributed by atoms with Crippen LogP contribution < -0.4 is 16.0 Å². The predicted molar refractivity (Wildman–Crippen MR) is 125 cm³/mol. The molecule has 0 fully saturated rings. The van der Waals surface area contributed by atoms with Crippen LogP contribution in [0.15, 0.2) is 48.5 Å². The van der Waals surface area contributed by atoms with Gasteiger partial charge in [-0.1, -0.05) is 24.3 Å². The molecule has 3 N–H and O–H groups in total. The van der Waals surface area contributed by atoms with Gasteiger partial charge in [-0.25, -0.2) is 9.59 Å². The van der Waals surface area contributed by atoms with Gasteiger partial charge in [0.15, 0.2) is 6.61 Å². The first-order chi connectivity index (χ1) is 15.3. The summed E-state index contributed by atoms with van der Waals surface area (Å²) in [5, 5.41) is 7.30. The smallest absolute Gasteiger partial charge is 0.329 e. The molecule has 2 aromatic rings. The highest BCUT2D eigenvalue weighted by Gasteiger charge is 2.23. The fraction of sp³-hybridized carbons (Fsp3) is 0.304. The van der Waals surface area contributed by atoms with Crippen LogP contribution in [0.2, 0.25) is 0 Å². The van der Waals surface area contributed by atoms with Crippen LogP contribution in [-0.4, -0.2) is 48.5 Å². The summed E-state index contributed by atoms with van der Waals surface area (Å²) < 4.78 is 5.03. The first-order valence-corrected chi connectivity index (χ1v) is 11.4. The molecule has 0 radical (unpaired) electrons. The van der Waals surface area contributed by atoms with E-state index in [0.29, 0.717) is 23.4 Å². The zero-order chi connectivity index (χ0) is 23.5. The number of aryl methyl sites for hydroxylation is 2. The number of imide groups is 1. The van der Waals surface area contributed by atoms with E-state index in [2.05, 4.69) is 16.0 Å². The molecule has 2 rings (SSSR count). The van der Waals surface area contributed by atoms with Crippen LogP contribution in [-0.2, 0) is 14.3 Å². The van der Waals surface area contributed by atoms with Gasteiger partial charge in [-0.05, 0) is 67.7 Å². The SMILES string of the molecule is CSCCC(NC(=O)c1ccccc1)C(=O)OCC(=O)NC(=O)Nc1ccc(C)c(C)c1. The number of urea groups is 1. The lowest BCUT2D eigenvalue weighted by Gasteiger charge is -2.17. The van der Waals surface area contributed by atoms with E-state index in [4.69, 9.17) is 4.74 Å². The number of hydrogen-bond donors (Lipinski definition) is 3. The van der Waals surface area contributed by atoms with Crippen LogP contribution in [0.25, 0.3) is 0 Å². The summed E-state index contributed by atoms with van der Waals surface area (Å²) >= 11 is 1.51. The molecule has 170 valence electrons. The highest BCUT2D eigenvalue weighted by Crippen LogP contribution is 2.13. The number of anilines is 1. The van der Waals surface area contributed by atoms with E-state index in [1.165, 1.54) is 11.8 Å². The molecule has 0 saturated heterocycles. The van der Waals surface area contributed by atoms with Crippen molar-refractivity contribution in [2.75, 3.05) is 23.9 Å². The van der Waals surface area contributed by atoms with Crippen molar-refractivity contribution in [3.63, 3.8) is 0 Å². The Balaban J connectivity index is 1.86. The highest BCUT2D eigenvalue weighted by molar-refractivity contribution is 7.98. The van der Waals surface area contributed by atoms with Crippen LogP contribution in [0.4, 0.5) is 10.5 Å². The Bertz CT molecular complexity index is 965. The summed E-state index contributed by atoms with van der Waals surface area (Å²) in [5.74, 6) is -1.32. The molecule has 0 aliphatic carbocycles. The summed E-state index contributed by atoms with van der Waals surface area (Å²) in [5.41, 5.74) is 3.03. The predicted octanol–water partition coefficient (Wildman–Crippen LogP) is 3.05. The van der Waals surface area contributed by atoms with Gasteiger partial charge in [0.2, 0.25) is 0 Å². The third-order valence-electron chi connectivity index (χ3n) is 4.60. The van der Waals surface area contributed by atoms with Crippen LogP contribution in [0, 0.1) is 13.8 Å². The van der Waals surface area contributed by atoms with Crippen molar-refractivity contribution in [3.8, 4) is 0 Å². The van der Waals surface area contributed by atoms with Crippen molar-refractivity contribution in [3.05, 3.63) is 65.2 Å². The standard InChI is InChI=1S/C23H27N3O5S/c1-15-9-10-18(13-16(15)2)24-23(30)26-20(27)14-31-22(29)19(11-12-32-3)25-21(28)17-7-5-4-6-8-17/h4-10,13,19H,11-12,14H2,1-3H3,(H,25,28)(H2,24,26,27,30). The number of amides is 4. The Morgan fingerprint density at radius 3 is 2.38 bits per heavy atom. The van der Waals surface area contributed by atoms with Crippen LogP contribution in [0.3, 0.4) is 0 Å². The second-order valence-corrected chi connectivity index (χ2v) is 8.07. The molecular weight excluding hydrogens is 430 g/mol. The van der Waals surface area contributed by atoms with E-state index >= 15 is 0 Å². The molecule has 4 amide bonds. The van der Waals surface area contributed by atoms with E-state index in [0.717, 1.165) is 11.1 Å². The minimum absolute atomic E-state index is 0.341. The van der Waals surface area contributed by atoms with Gasteiger partial charge >= 0.3 is 12.0 Å². The fourth-order valence-corrected chi connectivity index (χ4v) is 3.17. The molecule has 1 atom stereocenters. The van der Waals surface area contributed by atoms with E-state index in [1.807, 2.05) is 26.2 Å². The lowest BCUT2D eigenvalue weighted by molar-refractivity contribution is -0.150. The number of nitrogens with one attached hydrogen (secondary N) is 3. The average molecular weight is 458 g/mol. The summed E-state index contributed by atoms with van der Waals surface area (Å²) in [6.45, 7) is 3.22. The Morgan fingerprint density at radius 1 is 1.00 bits per heavy atom. The highest BCUT2D eigenvalue weighted by atomic mass is 32.2. The van der Waals surface area contributed by atoms with E-state index in [9.17, 15) is 19.2 Å². The van der Waals surface area contributed by atoms with Crippen LogP contribution in [0.5, 0.6) is 0 Å². The number of ether oxygens (including phenoxy) is 1. The number of rotatable bonds is 9. The summed E-state index contributed by atoms with van der Waals surface area (Å²) in [7, 11) is 0. The third kappa shape index (κ3) is 8.07. The number of carbonyl (C=O) groups is 4.